The summed E-state index contributed by atoms with van der Waals surface area (Å²) in [6, 6.07) is 5.04. The molecule has 0 saturated heterocycles. The summed E-state index contributed by atoms with van der Waals surface area (Å²) in [4.78, 5) is 27.7. The lowest BCUT2D eigenvalue weighted by Gasteiger charge is -2.32. The fourth-order valence-corrected chi connectivity index (χ4v) is 4.19. The van der Waals surface area contributed by atoms with Crippen LogP contribution in [0.3, 0.4) is 0 Å². The summed E-state index contributed by atoms with van der Waals surface area (Å²) in [5.74, 6) is 2.44. The zero-order valence-electron chi connectivity index (χ0n) is 17.5. The topological polar surface area (TPSA) is 147 Å². The molecule has 2 amide bonds. The van der Waals surface area contributed by atoms with E-state index in [0.717, 1.165) is 25.7 Å². The van der Waals surface area contributed by atoms with Crippen molar-refractivity contribution in [1.29, 1.82) is 0 Å². The fraction of sp³-hybridized carbons (Fsp3) is 0.476. The Morgan fingerprint density at radius 2 is 2.13 bits per heavy atom. The second kappa shape index (κ2) is 8.84. The van der Waals surface area contributed by atoms with Crippen molar-refractivity contribution in [3.05, 3.63) is 34.9 Å². The maximum Gasteiger partial charge on any atom is 0.350 e. The molecule has 2 aromatic rings. The van der Waals surface area contributed by atoms with Crippen LogP contribution in [0.5, 0.6) is 17.2 Å². The highest BCUT2D eigenvalue weighted by molar-refractivity contribution is 5.77. The smallest absolute Gasteiger partial charge is 0.350 e. The molecule has 166 valence electrons. The maximum atomic E-state index is 12.7. The largest absolute Gasteiger partial charge is 0.489 e. The average molecular weight is 428 g/mol. The number of nitrogens with one attached hydrogen (secondary N) is 2. The standard InChI is InChI=1S/C21H28N6O4/c1-12(22)13-5-7-14(8-6-13)27-11-17-19(26-21(27)29)25-18-15(3-2-4-16(18)31-17)30-10-9-24-20(23)28/h2-4,11-14H,5-10,22H2,1H3,(H3,23,24,28)(H,25,26,29). The molecule has 2 heterocycles. The van der Waals surface area contributed by atoms with Crippen molar-refractivity contribution in [1.82, 2.24) is 14.9 Å². The summed E-state index contributed by atoms with van der Waals surface area (Å²) < 4.78 is 13.4. The van der Waals surface area contributed by atoms with Crippen LogP contribution in [0.15, 0.2) is 29.2 Å². The van der Waals surface area contributed by atoms with Gasteiger partial charge in [0.15, 0.2) is 17.3 Å². The summed E-state index contributed by atoms with van der Waals surface area (Å²) in [5, 5.41) is 5.61. The van der Waals surface area contributed by atoms with Crippen molar-refractivity contribution < 1.29 is 14.3 Å². The van der Waals surface area contributed by atoms with E-state index >= 15 is 0 Å². The molecule has 1 aliphatic heterocycles. The molecule has 1 aliphatic carbocycles. The number of ether oxygens (including phenoxy) is 2. The second-order valence-electron chi connectivity index (χ2n) is 8.07. The number of para-hydroxylation sites is 1. The van der Waals surface area contributed by atoms with E-state index in [0.29, 0.717) is 34.7 Å². The third-order valence-electron chi connectivity index (χ3n) is 5.91. The lowest BCUT2D eigenvalue weighted by Crippen LogP contribution is -2.34. The maximum absolute atomic E-state index is 12.7. The summed E-state index contributed by atoms with van der Waals surface area (Å²) in [7, 11) is 0. The van der Waals surface area contributed by atoms with Gasteiger partial charge in [-0.1, -0.05) is 6.07 Å². The number of carbonyl (C=O) groups is 1. The van der Waals surface area contributed by atoms with E-state index in [2.05, 4.69) is 15.6 Å². The third-order valence-corrected chi connectivity index (χ3v) is 5.91. The van der Waals surface area contributed by atoms with Crippen molar-refractivity contribution in [3.8, 4) is 17.2 Å². The Balaban J connectivity index is 1.50. The minimum Gasteiger partial charge on any atom is -0.489 e. The monoisotopic (exact) mass is 428 g/mol. The fourth-order valence-electron chi connectivity index (χ4n) is 4.19. The number of hydrogen-bond donors (Lipinski definition) is 4. The zero-order valence-corrected chi connectivity index (χ0v) is 17.5. The average Bonchev–Trinajstić information content (AvgIpc) is 2.75. The third kappa shape index (κ3) is 4.58. The molecule has 1 fully saturated rings. The molecule has 1 aromatic carbocycles. The van der Waals surface area contributed by atoms with E-state index in [1.807, 2.05) is 13.0 Å². The van der Waals surface area contributed by atoms with Gasteiger partial charge in [0, 0.05) is 12.1 Å². The Morgan fingerprint density at radius 1 is 1.35 bits per heavy atom. The van der Waals surface area contributed by atoms with Crippen molar-refractivity contribution in [2.24, 2.45) is 17.4 Å². The van der Waals surface area contributed by atoms with Gasteiger partial charge in [-0.2, -0.15) is 4.98 Å². The molecule has 0 bridgehead atoms. The predicted molar refractivity (Wildman–Crippen MR) is 116 cm³/mol. The Morgan fingerprint density at radius 3 is 2.84 bits per heavy atom. The molecule has 10 nitrogen and oxygen atoms in total. The van der Waals surface area contributed by atoms with Crippen LogP contribution in [0.25, 0.3) is 0 Å². The van der Waals surface area contributed by atoms with Crippen molar-refractivity contribution >= 4 is 17.5 Å². The van der Waals surface area contributed by atoms with Crippen molar-refractivity contribution in [3.63, 3.8) is 0 Å². The Kier molecular flexibility index (Phi) is 5.99. The molecule has 0 radical (unpaired) electrons. The number of carbonyl (C=O) groups excluding carboxylic acids is 1. The number of nitrogens with zero attached hydrogens (tertiary/aromatic N) is 2. The minimum absolute atomic E-state index is 0.0951. The van der Waals surface area contributed by atoms with Gasteiger partial charge in [0.25, 0.3) is 0 Å². The van der Waals surface area contributed by atoms with E-state index in [9.17, 15) is 9.59 Å². The van der Waals surface area contributed by atoms with Crippen LogP contribution in [0.4, 0.5) is 16.3 Å². The molecule has 10 heteroatoms. The number of rotatable bonds is 6. The van der Waals surface area contributed by atoms with Gasteiger partial charge in [-0.15, -0.1) is 0 Å². The molecule has 1 unspecified atom stereocenters. The highest BCUT2D eigenvalue weighted by atomic mass is 16.5. The van der Waals surface area contributed by atoms with Crippen LogP contribution < -0.4 is 37.3 Å². The number of hydrogen-bond acceptors (Lipinski definition) is 7. The molecule has 31 heavy (non-hydrogen) atoms. The number of primary amides is 1. The lowest BCUT2D eigenvalue weighted by atomic mass is 9.82. The van der Waals surface area contributed by atoms with E-state index in [1.54, 1.807) is 22.9 Å². The van der Waals surface area contributed by atoms with E-state index in [4.69, 9.17) is 20.9 Å². The van der Waals surface area contributed by atoms with E-state index in [-0.39, 0.29) is 30.9 Å². The molecular formula is C21H28N6O4. The van der Waals surface area contributed by atoms with Gasteiger partial charge >= 0.3 is 11.7 Å². The summed E-state index contributed by atoms with van der Waals surface area (Å²) in [6.45, 7) is 2.54. The normalized spacial score (nSPS) is 20.5. The summed E-state index contributed by atoms with van der Waals surface area (Å²) >= 11 is 0. The van der Waals surface area contributed by atoms with E-state index in [1.165, 1.54) is 0 Å². The van der Waals surface area contributed by atoms with Gasteiger partial charge < -0.3 is 31.6 Å². The van der Waals surface area contributed by atoms with Crippen molar-refractivity contribution in [2.45, 2.75) is 44.7 Å². The lowest BCUT2D eigenvalue weighted by molar-refractivity contribution is 0.244. The minimum atomic E-state index is -0.611. The van der Waals surface area contributed by atoms with Crippen LogP contribution >= 0.6 is 0 Å². The summed E-state index contributed by atoms with van der Waals surface area (Å²) in [6.07, 6.45) is 5.53. The number of aromatic nitrogens is 2. The second-order valence-corrected chi connectivity index (χ2v) is 8.07. The van der Waals surface area contributed by atoms with Crippen LogP contribution in [0.2, 0.25) is 0 Å². The first-order valence-corrected chi connectivity index (χ1v) is 10.5. The van der Waals surface area contributed by atoms with Crippen LogP contribution in [-0.2, 0) is 0 Å². The van der Waals surface area contributed by atoms with Crippen molar-refractivity contribution in [2.75, 3.05) is 18.5 Å². The first kappa shape index (κ1) is 21.0. The van der Waals surface area contributed by atoms with Gasteiger partial charge in [-0.25, -0.2) is 9.59 Å². The molecule has 1 aromatic heterocycles. The first-order chi connectivity index (χ1) is 14.9. The molecular weight excluding hydrogens is 400 g/mol. The van der Waals surface area contributed by atoms with Crippen LogP contribution in [0, 0.1) is 5.92 Å². The summed E-state index contributed by atoms with van der Waals surface area (Å²) in [5.41, 5.74) is 11.4. The van der Waals surface area contributed by atoms with Crippen LogP contribution in [0.1, 0.15) is 38.6 Å². The van der Waals surface area contributed by atoms with Crippen LogP contribution in [-0.4, -0.2) is 34.8 Å². The number of nitrogens with two attached hydrogens (primary N) is 2. The quantitative estimate of drug-likeness (QED) is 0.440. The first-order valence-electron chi connectivity index (χ1n) is 10.5. The SMILES string of the molecule is CC(N)C1CCC(n2cc3c(nc2=O)Nc2c(OCCNC(N)=O)cccc2O3)CC1. The number of fused-ring (bicyclic) bond motifs is 2. The number of urea groups is 1. The molecule has 1 saturated carbocycles. The van der Waals surface area contributed by atoms with Gasteiger partial charge in [0.1, 0.15) is 18.0 Å². The van der Waals surface area contributed by atoms with Gasteiger partial charge in [0.05, 0.1) is 12.7 Å². The predicted octanol–water partition coefficient (Wildman–Crippen LogP) is 2.22. The molecule has 0 spiro atoms. The molecule has 1 atom stereocenters. The van der Waals surface area contributed by atoms with E-state index < -0.39 is 6.03 Å². The zero-order chi connectivity index (χ0) is 22.0. The Labute approximate surface area is 179 Å². The highest BCUT2D eigenvalue weighted by Crippen LogP contribution is 2.45. The number of amides is 2. The number of benzene rings is 1. The van der Waals surface area contributed by atoms with Gasteiger partial charge in [-0.05, 0) is 50.7 Å². The van der Waals surface area contributed by atoms with Gasteiger partial charge in [-0.3, -0.25) is 4.57 Å². The Hall–Kier alpha value is -3.27. The number of anilines is 2. The molecule has 6 N–H and O–H groups in total. The molecule has 4 rings (SSSR count). The van der Waals surface area contributed by atoms with Gasteiger partial charge in [0.2, 0.25) is 0 Å². The highest BCUT2D eigenvalue weighted by Gasteiger charge is 2.28. The Bertz CT molecular complexity index is 1010. The molecule has 2 aliphatic rings.